The summed E-state index contributed by atoms with van der Waals surface area (Å²) in [6.45, 7) is 1.90. The fraction of sp³-hybridized carbons (Fsp3) is 0.360. The lowest BCUT2D eigenvalue weighted by Gasteiger charge is -2.29. The number of benzene rings is 2. The molecule has 5 rings (SSSR count). The molecule has 3 aromatic rings. The summed E-state index contributed by atoms with van der Waals surface area (Å²) < 4.78 is 0. The molecule has 0 radical (unpaired) electrons. The molecule has 1 N–H and O–H groups in total. The van der Waals surface area contributed by atoms with Crippen LogP contribution < -0.4 is 10.2 Å². The van der Waals surface area contributed by atoms with Crippen molar-refractivity contribution in [3.63, 3.8) is 0 Å². The summed E-state index contributed by atoms with van der Waals surface area (Å²) in [5.74, 6) is -0.185. The summed E-state index contributed by atoms with van der Waals surface area (Å²) >= 11 is 1.20. The Bertz CT molecular complexity index is 1190. The number of thiazole rings is 1. The number of anilines is 1. The topological polar surface area (TPSA) is 88.4 Å². The van der Waals surface area contributed by atoms with Crippen molar-refractivity contribution in [1.82, 2.24) is 10.3 Å². The van der Waals surface area contributed by atoms with Crippen molar-refractivity contribution in [3.05, 3.63) is 74.8 Å². The number of amides is 1. The van der Waals surface area contributed by atoms with E-state index in [1.807, 2.05) is 24.3 Å². The van der Waals surface area contributed by atoms with Crippen molar-refractivity contribution >= 4 is 28.6 Å². The predicted molar refractivity (Wildman–Crippen MR) is 130 cm³/mol. The van der Waals surface area contributed by atoms with Crippen LogP contribution in [-0.4, -0.2) is 28.9 Å². The molecule has 1 atom stereocenters. The van der Waals surface area contributed by atoms with E-state index < -0.39 is 0 Å². The van der Waals surface area contributed by atoms with Crippen LogP contribution in [0.5, 0.6) is 0 Å². The van der Waals surface area contributed by atoms with Gasteiger partial charge < -0.3 is 10.2 Å². The highest BCUT2D eigenvalue weighted by Gasteiger charge is 2.25. The number of aromatic nitrogens is 1. The molecule has 33 heavy (non-hydrogen) atoms. The number of nitro benzene ring substituents is 1. The van der Waals surface area contributed by atoms with Gasteiger partial charge in [0, 0.05) is 24.8 Å². The number of nitro groups is 1. The van der Waals surface area contributed by atoms with Crippen LogP contribution in [0.2, 0.25) is 0 Å². The summed E-state index contributed by atoms with van der Waals surface area (Å²) in [7, 11) is 0. The van der Waals surface area contributed by atoms with Gasteiger partial charge in [0.15, 0.2) is 0 Å². The molecule has 1 amide bonds. The van der Waals surface area contributed by atoms with Crippen molar-refractivity contribution in [2.24, 2.45) is 0 Å². The van der Waals surface area contributed by atoms with Crippen LogP contribution in [-0.2, 0) is 6.42 Å². The molecule has 2 heterocycles. The molecule has 2 aliphatic rings. The van der Waals surface area contributed by atoms with E-state index in [9.17, 15) is 14.9 Å². The zero-order chi connectivity index (χ0) is 22.8. The molecule has 0 saturated carbocycles. The van der Waals surface area contributed by atoms with Gasteiger partial charge in [-0.05, 0) is 61.8 Å². The number of nitrogens with one attached hydrogen (secondary N) is 1. The zero-order valence-electron chi connectivity index (χ0n) is 18.3. The minimum Gasteiger partial charge on any atom is -0.372 e. The first-order valence-corrected chi connectivity index (χ1v) is 12.3. The van der Waals surface area contributed by atoms with Crippen molar-refractivity contribution in [3.8, 4) is 10.6 Å². The van der Waals surface area contributed by atoms with Crippen molar-refractivity contribution in [1.29, 1.82) is 0 Å². The summed E-state index contributed by atoms with van der Waals surface area (Å²) in [5, 5.41) is 15.3. The summed E-state index contributed by atoms with van der Waals surface area (Å²) in [6, 6.07) is 13.4. The number of carbonyl (C=O) groups is 1. The molecule has 1 fully saturated rings. The molecular weight excluding hydrogens is 436 g/mol. The van der Waals surface area contributed by atoms with Gasteiger partial charge in [0.25, 0.3) is 11.6 Å². The largest absolute Gasteiger partial charge is 0.372 e. The molecule has 1 aliphatic carbocycles. The summed E-state index contributed by atoms with van der Waals surface area (Å²) in [4.78, 5) is 31.5. The average molecular weight is 463 g/mol. The van der Waals surface area contributed by atoms with Crippen LogP contribution >= 0.6 is 11.3 Å². The van der Waals surface area contributed by atoms with Crippen molar-refractivity contribution in [2.75, 3.05) is 18.0 Å². The molecule has 0 spiro atoms. The third-order valence-corrected chi connectivity index (χ3v) is 7.56. The van der Waals surface area contributed by atoms with E-state index in [-0.39, 0.29) is 22.6 Å². The van der Waals surface area contributed by atoms with Gasteiger partial charge in [0.1, 0.15) is 9.88 Å². The van der Waals surface area contributed by atoms with Crippen LogP contribution in [0.1, 0.15) is 58.9 Å². The van der Waals surface area contributed by atoms with E-state index in [1.54, 1.807) is 6.07 Å². The number of piperidine rings is 1. The molecule has 7 nitrogen and oxygen atoms in total. The second-order valence-corrected chi connectivity index (χ2v) is 9.68. The molecule has 8 heteroatoms. The Balaban J connectivity index is 1.40. The minimum absolute atomic E-state index is 0.0123. The van der Waals surface area contributed by atoms with Crippen LogP contribution in [0.4, 0.5) is 11.4 Å². The van der Waals surface area contributed by atoms with Crippen LogP contribution in [0.3, 0.4) is 0 Å². The van der Waals surface area contributed by atoms with Crippen LogP contribution in [0.15, 0.2) is 48.7 Å². The van der Waals surface area contributed by atoms with E-state index in [0.29, 0.717) is 15.4 Å². The van der Waals surface area contributed by atoms with E-state index >= 15 is 0 Å². The Labute approximate surface area is 196 Å². The normalized spacial score (nSPS) is 17.9. The van der Waals surface area contributed by atoms with Crippen molar-refractivity contribution in [2.45, 2.75) is 44.6 Å². The number of hydrogen-bond donors (Lipinski definition) is 1. The Hall–Kier alpha value is -3.26. The first kappa shape index (κ1) is 21.6. The maximum atomic E-state index is 13.0. The van der Waals surface area contributed by atoms with E-state index in [2.05, 4.69) is 27.3 Å². The zero-order valence-corrected chi connectivity index (χ0v) is 19.1. The molecule has 1 aromatic heterocycles. The number of rotatable bonds is 5. The number of fused-ring (bicyclic) bond motifs is 1. The first-order chi connectivity index (χ1) is 16.1. The van der Waals surface area contributed by atoms with Gasteiger partial charge in [-0.2, -0.15) is 0 Å². The van der Waals surface area contributed by atoms with Crippen molar-refractivity contribution < 1.29 is 9.72 Å². The fourth-order valence-electron chi connectivity index (χ4n) is 4.84. The lowest BCUT2D eigenvalue weighted by atomic mass is 9.88. The Morgan fingerprint density at radius 2 is 1.94 bits per heavy atom. The van der Waals surface area contributed by atoms with Gasteiger partial charge in [-0.25, -0.2) is 4.98 Å². The molecular formula is C25H26N4O3S. The molecule has 0 unspecified atom stereocenters. The Morgan fingerprint density at radius 1 is 1.12 bits per heavy atom. The second-order valence-electron chi connectivity index (χ2n) is 8.65. The average Bonchev–Trinajstić information content (AvgIpc) is 3.35. The fourth-order valence-corrected chi connectivity index (χ4v) is 5.68. The number of hydrogen-bond acceptors (Lipinski definition) is 6. The summed E-state index contributed by atoms with van der Waals surface area (Å²) in [5.41, 5.74) is 3.90. The van der Waals surface area contributed by atoms with Gasteiger partial charge >= 0.3 is 0 Å². The van der Waals surface area contributed by atoms with Crippen LogP contribution in [0.25, 0.3) is 10.6 Å². The number of aryl methyl sites for hydroxylation is 1. The van der Waals surface area contributed by atoms with E-state index in [0.717, 1.165) is 50.9 Å². The van der Waals surface area contributed by atoms with Gasteiger partial charge in [-0.1, -0.05) is 24.3 Å². The van der Waals surface area contributed by atoms with Gasteiger partial charge in [0.05, 0.1) is 22.7 Å². The second kappa shape index (κ2) is 9.31. The Morgan fingerprint density at radius 3 is 2.76 bits per heavy atom. The number of nitrogens with zero attached hydrogens (tertiary/aromatic N) is 3. The Kier molecular flexibility index (Phi) is 6.09. The monoisotopic (exact) mass is 462 g/mol. The molecule has 2 aromatic carbocycles. The molecule has 1 aliphatic heterocycles. The van der Waals surface area contributed by atoms with E-state index in [4.69, 9.17) is 0 Å². The molecule has 170 valence electrons. The third-order valence-electron chi connectivity index (χ3n) is 6.53. The van der Waals surface area contributed by atoms with Crippen LogP contribution in [0, 0.1) is 10.1 Å². The summed E-state index contributed by atoms with van der Waals surface area (Å²) in [6.07, 6.45) is 7.96. The quantitative estimate of drug-likeness (QED) is 0.399. The third kappa shape index (κ3) is 4.48. The minimum atomic E-state index is -0.380. The van der Waals surface area contributed by atoms with E-state index in [1.165, 1.54) is 35.1 Å². The van der Waals surface area contributed by atoms with Gasteiger partial charge in [-0.15, -0.1) is 11.3 Å². The molecule has 0 bridgehead atoms. The smallest absolute Gasteiger partial charge is 0.279 e. The van der Waals surface area contributed by atoms with Gasteiger partial charge in [-0.3, -0.25) is 14.9 Å². The SMILES string of the molecule is O=C(N[C@H]1CCCc2ccccc21)c1cnc(-c2cc(N3CCCCC3)ccc2[N+](=O)[O-])s1. The van der Waals surface area contributed by atoms with Gasteiger partial charge in [0.2, 0.25) is 0 Å². The highest BCUT2D eigenvalue weighted by molar-refractivity contribution is 7.17. The lowest BCUT2D eigenvalue weighted by molar-refractivity contribution is -0.384. The highest BCUT2D eigenvalue weighted by atomic mass is 32.1. The molecule has 1 saturated heterocycles. The first-order valence-electron chi connectivity index (χ1n) is 11.5. The lowest BCUT2D eigenvalue weighted by Crippen LogP contribution is -2.30. The maximum Gasteiger partial charge on any atom is 0.279 e. The standard InChI is InChI=1S/C25H26N4O3S/c30-24(27-21-10-6-8-17-7-2-3-9-19(17)21)23-16-26-25(33-23)20-15-18(11-12-22(20)29(31)32)28-13-4-1-5-14-28/h2-3,7,9,11-12,15-16,21H,1,4-6,8,10,13-14H2,(H,27,30)/t21-/m0/s1. The number of carbonyl (C=O) groups excluding carboxylic acids is 1. The maximum absolute atomic E-state index is 13.0. The predicted octanol–water partition coefficient (Wildman–Crippen LogP) is 5.52. The highest BCUT2D eigenvalue weighted by Crippen LogP contribution is 2.37.